The maximum Gasteiger partial charge on any atom is 0.490 e. The highest BCUT2D eigenvalue weighted by atomic mass is 19.4. The van der Waals surface area contributed by atoms with Crippen molar-refractivity contribution in [3.63, 3.8) is 0 Å². The number of carbonyl (C=O) groups excluding carboxylic acids is 3. The van der Waals surface area contributed by atoms with Gasteiger partial charge in [-0.2, -0.15) is 26.3 Å². The van der Waals surface area contributed by atoms with Gasteiger partial charge in [0.1, 0.15) is 54.7 Å². The molecule has 78 heavy (non-hydrogen) atoms. The molecule has 0 aliphatic carbocycles. The summed E-state index contributed by atoms with van der Waals surface area (Å²) >= 11 is 0. The number of carboxylic acids is 2. The predicted molar refractivity (Wildman–Crippen MR) is 251 cm³/mol. The molecule has 3 aromatic heterocycles. The zero-order valence-corrected chi connectivity index (χ0v) is 41.9. The standard InChI is InChI=1S/C40H63N9O15.2C2HF3O2/c1-3-48-25-6-5-23(17-26(25)49(4-2)31(48)18-44-40(61)32-37(41)46-38-24(45-32)7-8-42-38)39(60)43-9-11-62-13-15-64-16-14-63-12-10-47(19-27(52)33(56)35(58)29(54)21-50)20-28(53)34(57)36(59)30(55)22-51;2*3-2(4,5)1(6)7/h5-8,17,27-30,33-36,50-59H,3-4,9-16,18-22H2,1-2H3,(H4-,41,42,43,44,45,46,60,61);2*(H,6,7). The van der Waals surface area contributed by atoms with Gasteiger partial charge in [0, 0.05) is 44.0 Å². The number of aliphatic hydroxyl groups is 10. The minimum atomic E-state index is -5.19. The van der Waals surface area contributed by atoms with Crippen molar-refractivity contribution in [2.75, 3.05) is 84.8 Å². The molecule has 442 valence electrons. The molecule has 34 heteroatoms. The third-order valence-corrected chi connectivity index (χ3v) is 11.0. The number of carbonyl (C=O) groups is 4. The van der Waals surface area contributed by atoms with Crippen molar-refractivity contribution in [1.29, 1.82) is 0 Å². The van der Waals surface area contributed by atoms with Crippen LogP contribution in [0.1, 0.15) is 40.5 Å². The summed E-state index contributed by atoms with van der Waals surface area (Å²) in [7, 11) is 0. The number of nitrogens with two attached hydrogens (primary N) is 1. The molecule has 2 amide bonds. The van der Waals surface area contributed by atoms with Crippen molar-refractivity contribution in [2.24, 2.45) is 0 Å². The first kappa shape index (κ1) is 68.1. The lowest BCUT2D eigenvalue weighted by Crippen LogP contribution is -2.53. The molecule has 16 N–H and O–H groups in total. The Morgan fingerprint density at radius 2 is 1.26 bits per heavy atom. The summed E-state index contributed by atoms with van der Waals surface area (Å²) in [5, 5.41) is 120. The largest absolute Gasteiger partial charge is 0.542 e. The van der Waals surface area contributed by atoms with Crippen LogP contribution in [-0.2, 0) is 43.4 Å². The van der Waals surface area contributed by atoms with Gasteiger partial charge in [-0.3, -0.25) is 14.5 Å². The van der Waals surface area contributed by atoms with Crippen LogP contribution in [0, 0.1) is 0 Å². The van der Waals surface area contributed by atoms with Crippen LogP contribution in [0.2, 0.25) is 0 Å². The molecule has 28 nitrogen and oxygen atoms in total. The lowest BCUT2D eigenvalue weighted by atomic mass is 10.0. The minimum absolute atomic E-state index is 0.00180. The number of aromatic nitrogens is 5. The summed E-state index contributed by atoms with van der Waals surface area (Å²) in [4.78, 5) is 56.7. The fourth-order valence-electron chi connectivity index (χ4n) is 6.93. The second-order valence-electron chi connectivity index (χ2n) is 16.5. The lowest BCUT2D eigenvalue weighted by Gasteiger charge is -2.33. The monoisotopic (exact) mass is 1140 g/mol. The van der Waals surface area contributed by atoms with Crippen molar-refractivity contribution in [2.45, 2.75) is 94.7 Å². The summed E-state index contributed by atoms with van der Waals surface area (Å²) in [6.07, 6.45) is -23.1. The number of fused-ring (bicyclic) bond motifs is 2. The first-order valence-corrected chi connectivity index (χ1v) is 23.5. The number of nitrogens with zero attached hydrogens (tertiary/aromatic N) is 5. The molecule has 0 bridgehead atoms. The molecule has 4 aromatic rings. The third-order valence-electron chi connectivity index (χ3n) is 11.0. The molecule has 4 rings (SSSR count). The Labute approximate surface area is 438 Å². The van der Waals surface area contributed by atoms with Gasteiger partial charge in [-0.1, -0.05) is 0 Å². The summed E-state index contributed by atoms with van der Waals surface area (Å²) < 4.78 is 84.0. The van der Waals surface area contributed by atoms with Crippen molar-refractivity contribution < 1.29 is 126 Å². The number of imidazole rings is 1. The topological polar surface area (TPSA) is 445 Å². The van der Waals surface area contributed by atoms with E-state index in [1.165, 1.54) is 4.90 Å². The Morgan fingerprint density at radius 1 is 0.756 bits per heavy atom. The van der Waals surface area contributed by atoms with Crippen LogP contribution in [0.25, 0.3) is 22.2 Å². The maximum absolute atomic E-state index is 13.1. The number of amides is 2. The van der Waals surface area contributed by atoms with Gasteiger partial charge in [-0.05, 0) is 32.0 Å². The smallest absolute Gasteiger partial charge is 0.490 e. The van der Waals surface area contributed by atoms with E-state index in [1.807, 2.05) is 24.5 Å². The van der Waals surface area contributed by atoms with E-state index in [9.17, 15) is 76.8 Å². The Hall–Kier alpha value is -5.99. The molecule has 8 atom stereocenters. The number of aliphatic hydroxyl groups excluding tert-OH is 10. The van der Waals surface area contributed by atoms with Gasteiger partial charge in [0.15, 0.2) is 28.2 Å². The van der Waals surface area contributed by atoms with Gasteiger partial charge in [0.25, 0.3) is 17.6 Å². The van der Waals surface area contributed by atoms with E-state index in [2.05, 4.69) is 30.2 Å². The highest BCUT2D eigenvalue weighted by molar-refractivity contribution is 5.98. The number of H-pyrrole nitrogens is 1. The zero-order valence-electron chi connectivity index (χ0n) is 41.9. The Bertz CT molecular complexity index is 2430. The third kappa shape index (κ3) is 21.3. The quantitative estimate of drug-likeness (QED) is 0.0132. The molecular weight excluding hydrogens is 1070 g/mol. The summed E-state index contributed by atoms with van der Waals surface area (Å²) in [5.74, 6) is -5.68. The Morgan fingerprint density at radius 3 is 1.73 bits per heavy atom. The number of carboxylic acid groups (broad SMARTS) is 2. The number of aromatic amines is 1. The molecule has 8 unspecified atom stereocenters. The Kier molecular flexibility index (Phi) is 28.6. The minimum Gasteiger partial charge on any atom is -0.542 e. The van der Waals surface area contributed by atoms with Crippen molar-refractivity contribution in [3.05, 3.63) is 47.5 Å². The number of alkyl halides is 6. The molecule has 0 radical (unpaired) electrons. The fourth-order valence-corrected chi connectivity index (χ4v) is 6.93. The van der Waals surface area contributed by atoms with Gasteiger partial charge in [-0.15, -0.1) is 0 Å². The van der Waals surface area contributed by atoms with Crippen molar-refractivity contribution in [1.82, 2.24) is 35.1 Å². The number of nitrogen functional groups attached to an aromatic ring is 1. The van der Waals surface area contributed by atoms with Crippen LogP contribution < -0.4 is 26.0 Å². The second kappa shape index (κ2) is 32.8. The van der Waals surface area contributed by atoms with Crippen LogP contribution in [-0.4, -0.2) is 245 Å². The molecule has 0 aliphatic rings. The van der Waals surface area contributed by atoms with E-state index in [0.717, 1.165) is 16.9 Å². The van der Waals surface area contributed by atoms with Gasteiger partial charge >= 0.3 is 18.3 Å². The normalized spacial score (nSPS) is 15.0. The lowest BCUT2D eigenvalue weighted by molar-refractivity contribution is -0.676. The van der Waals surface area contributed by atoms with Crippen molar-refractivity contribution >= 4 is 51.8 Å². The highest BCUT2D eigenvalue weighted by Crippen LogP contribution is 2.19. The number of hydrogen-bond donors (Lipinski definition) is 15. The Balaban J connectivity index is 0.00000130. The number of aryl methyl sites for hydroxylation is 2. The summed E-state index contributed by atoms with van der Waals surface area (Å²) in [6, 6.07) is 7.12. The number of hydrogen-bond acceptors (Lipinski definition) is 22. The highest BCUT2D eigenvalue weighted by Gasteiger charge is 2.38. The van der Waals surface area contributed by atoms with E-state index in [4.69, 9.17) is 50.0 Å². The number of rotatable bonds is 30. The first-order valence-electron chi connectivity index (χ1n) is 23.5. The van der Waals surface area contributed by atoms with Gasteiger partial charge in [0.05, 0.1) is 78.2 Å². The fraction of sp³-hybridized carbons (Fsp3) is 0.614. The number of aliphatic carboxylic acids is 2. The van der Waals surface area contributed by atoms with E-state index in [0.29, 0.717) is 29.8 Å². The zero-order chi connectivity index (χ0) is 59.1. The number of ether oxygens (including phenoxy) is 3. The average molecular weight is 1140 g/mol. The van der Waals surface area contributed by atoms with E-state index >= 15 is 0 Å². The number of anilines is 1. The number of halogens is 6. The van der Waals surface area contributed by atoms with Gasteiger partial charge in [-0.25, -0.2) is 23.9 Å². The van der Waals surface area contributed by atoms with Crippen LogP contribution in [0.3, 0.4) is 0 Å². The van der Waals surface area contributed by atoms with Crippen molar-refractivity contribution in [3.8, 4) is 0 Å². The summed E-state index contributed by atoms with van der Waals surface area (Å²) in [5.41, 5.74) is 9.22. The van der Waals surface area contributed by atoms with E-state index in [1.54, 1.807) is 24.4 Å². The average Bonchev–Trinajstić information content (AvgIpc) is 4.04. The van der Waals surface area contributed by atoms with Crippen LogP contribution in [0.4, 0.5) is 32.2 Å². The molecule has 0 saturated carbocycles. The van der Waals surface area contributed by atoms with Crippen LogP contribution >= 0.6 is 0 Å². The maximum atomic E-state index is 13.1. The molecule has 0 saturated heterocycles. The number of benzene rings is 1. The van der Waals surface area contributed by atoms with Gasteiger partial charge < -0.3 is 102 Å². The van der Waals surface area contributed by atoms with E-state index < -0.39 is 105 Å². The first-order chi connectivity index (χ1) is 36.5. The molecule has 0 spiro atoms. The second-order valence-corrected chi connectivity index (χ2v) is 16.5. The van der Waals surface area contributed by atoms with Crippen LogP contribution in [0.5, 0.6) is 0 Å². The van der Waals surface area contributed by atoms with Crippen LogP contribution in [0.15, 0.2) is 30.5 Å². The molecule has 3 heterocycles. The number of nitrogens with one attached hydrogen (secondary N) is 3. The van der Waals surface area contributed by atoms with Gasteiger partial charge in [0.2, 0.25) is 0 Å². The molecule has 1 aromatic carbocycles. The summed E-state index contributed by atoms with van der Waals surface area (Å²) in [6.45, 7) is 3.93. The van der Waals surface area contributed by atoms with E-state index in [-0.39, 0.29) is 76.7 Å². The molecule has 0 aliphatic heterocycles. The molecule has 0 fully saturated rings. The molecular formula is C44H65F6N9O19. The SMILES string of the molecule is CCn1c(CNC(=O)c2nc3cc[nH]c3nc2N)[n+](CC)c2cc(C(=O)NCCOCCOCCOCCN(CC(O)C(O)C(O)C(O)CO)CC(O)C(O)C(O)C(O)CO)ccc21.O=C(O)C(F)(F)F.O=C([O-])C(F)(F)F. The predicted octanol–water partition coefficient (Wildman–Crippen LogP) is -5.36.